The van der Waals surface area contributed by atoms with Gasteiger partial charge in [-0.1, -0.05) is 53.7 Å². The van der Waals surface area contributed by atoms with Crippen LogP contribution < -0.4 is 5.32 Å². The smallest absolute Gasteiger partial charge is 0.233 e. The normalized spacial score (nSPS) is 16.7. The van der Waals surface area contributed by atoms with E-state index in [2.05, 4.69) is 31.1 Å². The van der Waals surface area contributed by atoms with Crippen LogP contribution in [0.15, 0.2) is 59.9 Å². The van der Waals surface area contributed by atoms with E-state index in [4.69, 9.17) is 16.3 Å². The van der Waals surface area contributed by atoms with Gasteiger partial charge in [0.2, 0.25) is 5.91 Å². The van der Waals surface area contributed by atoms with Gasteiger partial charge >= 0.3 is 0 Å². The van der Waals surface area contributed by atoms with Gasteiger partial charge < -0.3 is 15.0 Å². The Balaban J connectivity index is 1.36. The number of amides is 1. The fourth-order valence-corrected chi connectivity index (χ4v) is 5.14. The molecule has 1 saturated heterocycles. The van der Waals surface area contributed by atoms with E-state index in [1.54, 1.807) is 0 Å². The summed E-state index contributed by atoms with van der Waals surface area (Å²) in [6.07, 6.45) is 4.15. The molecule has 2 aromatic heterocycles. The molecule has 2 aromatic carbocycles. The maximum Gasteiger partial charge on any atom is 0.233 e. The second-order valence-electron chi connectivity index (χ2n) is 8.40. The van der Waals surface area contributed by atoms with E-state index >= 15 is 0 Å². The highest BCUT2D eigenvalue weighted by Crippen LogP contribution is 2.32. The van der Waals surface area contributed by atoms with E-state index in [1.165, 1.54) is 11.8 Å². The third-order valence-corrected chi connectivity index (χ3v) is 7.32. The molecule has 2 unspecified atom stereocenters. The number of fused-ring (bicyclic) bond motifs is 1. The van der Waals surface area contributed by atoms with Gasteiger partial charge in [0.05, 0.1) is 17.9 Å². The first-order valence-corrected chi connectivity index (χ1v) is 12.6. The first kappa shape index (κ1) is 23.0. The maximum absolute atomic E-state index is 12.8. The number of aromatic nitrogens is 4. The predicted octanol–water partition coefficient (Wildman–Crippen LogP) is 5.06. The Labute approximate surface area is 207 Å². The number of H-pyrrole nitrogens is 1. The summed E-state index contributed by atoms with van der Waals surface area (Å²) in [6.45, 7) is 3.77. The summed E-state index contributed by atoms with van der Waals surface area (Å²) in [5.41, 5.74) is 3.04. The van der Waals surface area contributed by atoms with Crippen LogP contribution >= 0.6 is 23.4 Å². The lowest BCUT2D eigenvalue weighted by Gasteiger charge is -2.16. The lowest BCUT2D eigenvalue weighted by molar-refractivity contribution is -0.120. The summed E-state index contributed by atoms with van der Waals surface area (Å²) < 4.78 is 8.00. The number of halogens is 1. The van der Waals surface area contributed by atoms with Gasteiger partial charge in [-0.3, -0.25) is 9.36 Å². The summed E-state index contributed by atoms with van der Waals surface area (Å²) in [5, 5.41) is 14.2. The Hall–Kier alpha value is -2.81. The molecule has 2 N–H and O–H groups in total. The number of thioether (sulfide) groups is 1. The molecule has 9 heteroatoms. The lowest BCUT2D eigenvalue weighted by atomic mass is 10.1. The maximum atomic E-state index is 12.8. The highest BCUT2D eigenvalue weighted by molar-refractivity contribution is 8.00. The molecule has 0 bridgehead atoms. The number of hydrogen-bond acceptors (Lipinski definition) is 5. The first-order valence-electron chi connectivity index (χ1n) is 11.4. The van der Waals surface area contributed by atoms with Crippen molar-refractivity contribution in [3.8, 4) is 11.4 Å². The Morgan fingerprint density at radius 1 is 1.26 bits per heavy atom. The number of aromatic amines is 1. The number of carbonyl (C=O) groups is 1. The zero-order valence-corrected chi connectivity index (χ0v) is 20.4. The third kappa shape index (κ3) is 4.99. The molecule has 2 atom stereocenters. The van der Waals surface area contributed by atoms with Gasteiger partial charge in [0.1, 0.15) is 0 Å². The quantitative estimate of drug-likeness (QED) is 0.334. The zero-order chi connectivity index (χ0) is 23.5. The second kappa shape index (κ2) is 10.2. The van der Waals surface area contributed by atoms with Crippen LogP contribution in [0.3, 0.4) is 0 Å². The molecule has 1 aliphatic heterocycles. The number of benzene rings is 2. The number of rotatable bonds is 8. The van der Waals surface area contributed by atoms with Crippen LogP contribution in [0.25, 0.3) is 22.3 Å². The first-order chi connectivity index (χ1) is 16.6. The van der Waals surface area contributed by atoms with Gasteiger partial charge in [0.15, 0.2) is 11.0 Å². The monoisotopic (exact) mass is 495 g/mol. The van der Waals surface area contributed by atoms with E-state index < -0.39 is 0 Å². The SMILES string of the molecule is CC(Sc1nnc(-c2c[nH]c3ccccc23)n1CC1CCCO1)C(=O)NCc1ccc(Cl)cc1. The Kier molecular flexibility index (Phi) is 6.89. The van der Waals surface area contributed by atoms with Crippen LogP contribution in [0.4, 0.5) is 0 Å². The molecule has 0 spiro atoms. The molecular weight excluding hydrogens is 470 g/mol. The molecule has 7 nitrogen and oxygen atoms in total. The van der Waals surface area contributed by atoms with Crippen LogP contribution in [0, 0.1) is 0 Å². The molecule has 176 valence electrons. The Morgan fingerprint density at radius 2 is 2.09 bits per heavy atom. The molecule has 4 aromatic rings. The van der Waals surface area contributed by atoms with Gasteiger partial charge in [-0.25, -0.2) is 0 Å². The van der Waals surface area contributed by atoms with E-state index in [0.717, 1.165) is 47.3 Å². The van der Waals surface area contributed by atoms with Gasteiger partial charge in [0.25, 0.3) is 0 Å². The molecular formula is C25H26ClN5O2S. The van der Waals surface area contributed by atoms with Crippen LogP contribution in [-0.2, 0) is 22.6 Å². The topological polar surface area (TPSA) is 84.8 Å². The Bertz CT molecular complexity index is 1280. The molecule has 0 saturated carbocycles. The number of ether oxygens (including phenoxy) is 1. The lowest BCUT2D eigenvalue weighted by Crippen LogP contribution is -2.30. The molecule has 34 heavy (non-hydrogen) atoms. The molecule has 3 heterocycles. The minimum Gasteiger partial charge on any atom is -0.376 e. The summed E-state index contributed by atoms with van der Waals surface area (Å²) in [6, 6.07) is 15.6. The highest BCUT2D eigenvalue weighted by atomic mass is 35.5. The molecule has 1 amide bonds. The van der Waals surface area contributed by atoms with Gasteiger partial charge in [-0.05, 0) is 43.5 Å². The largest absolute Gasteiger partial charge is 0.376 e. The third-order valence-electron chi connectivity index (χ3n) is 5.99. The summed E-state index contributed by atoms with van der Waals surface area (Å²) in [7, 11) is 0. The Morgan fingerprint density at radius 3 is 2.88 bits per heavy atom. The predicted molar refractivity (Wildman–Crippen MR) is 135 cm³/mol. The fourth-order valence-electron chi connectivity index (χ4n) is 4.13. The van der Waals surface area contributed by atoms with Gasteiger partial charge in [-0.15, -0.1) is 10.2 Å². The van der Waals surface area contributed by atoms with Gasteiger partial charge in [-0.2, -0.15) is 0 Å². The number of nitrogens with zero attached hydrogens (tertiary/aromatic N) is 3. The van der Waals surface area contributed by atoms with Crippen molar-refractivity contribution in [3.63, 3.8) is 0 Å². The number of hydrogen-bond donors (Lipinski definition) is 2. The molecule has 1 aliphatic rings. The minimum absolute atomic E-state index is 0.0553. The molecule has 5 rings (SSSR count). The molecule has 1 fully saturated rings. The summed E-state index contributed by atoms with van der Waals surface area (Å²) >= 11 is 7.36. The van der Waals surface area contributed by atoms with E-state index in [1.807, 2.05) is 55.6 Å². The van der Waals surface area contributed by atoms with E-state index in [0.29, 0.717) is 23.3 Å². The van der Waals surface area contributed by atoms with E-state index in [-0.39, 0.29) is 17.3 Å². The van der Waals surface area contributed by atoms with Crippen molar-refractivity contribution in [1.29, 1.82) is 0 Å². The zero-order valence-electron chi connectivity index (χ0n) is 18.8. The summed E-state index contributed by atoms with van der Waals surface area (Å²) in [4.78, 5) is 16.1. The highest BCUT2D eigenvalue weighted by Gasteiger charge is 2.25. The minimum atomic E-state index is -0.337. The van der Waals surface area contributed by atoms with Crippen LogP contribution in [0.2, 0.25) is 5.02 Å². The number of nitrogens with one attached hydrogen (secondary N) is 2. The van der Waals surface area contributed by atoms with Gasteiger partial charge in [0, 0.05) is 40.8 Å². The average molecular weight is 496 g/mol. The standard InChI is InChI=1S/C25H26ClN5O2S/c1-16(24(32)28-13-17-8-10-18(26)11-9-17)34-25-30-29-23(31(25)15-19-5-4-12-33-19)21-14-27-22-7-3-2-6-20(21)22/h2-3,6-11,14,16,19,27H,4-5,12-13,15H2,1H3,(H,28,32). The second-order valence-corrected chi connectivity index (χ2v) is 10.1. The summed E-state index contributed by atoms with van der Waals surface area (Å²) in [5.74, 6) is 0.726. The van der Waals surface area contributed by atoms with Crippen molar-refractivity contribution >= 4 is 40.2 Å². The van der Waals surface area contributed by atoms with Crippen molar-refractivity contribution in [2.24, 2.45) is 0 Å². The van der Waals surface area contributed by atoms with Crippen molar-refractivity contribution in [2.45, 2.75) is 49.4 Å². The molecule has 0 aliphatic carbocycles. The van der Waals surface area contributed by atoms with Crippen LogP contribution in [0.5, 0.6) is 0 Å². The van der Waals surface area contributed by atoms with Crippen LogP contribution in [-0.4, -0.2) is 43.6 Å². The van der Waals surface area contributed by atoms with E-state index in [9.17, 15) is 4.79 Å². The van der Waals surface area contributed by atoms with Crippen molar-refractivity contribution in [2.75, 3.05) is 6.61 Å². The van der Waals surface area contributed by atoms with Crippen LogP contribution in [0.1, 0.15) is 25.3 Å². The van der Waals surface area contributed by atoms with Crippen molar-refractivity contribution < 1.29 is 9.53 Å². The fraction of sp³-hybridized carbons (Fsp3) is 0.320. The number of carbonyl (C=O) groups excluding carboxylic acids is 1. The van der Waals surface area contributed by atoms with Crippen molar-refractivity contribution in [1.82, 2.24) is 25.1 Å². The number of para-hydroxylation sites is 1. The average Bonchev–Trinajstić information content (AvgIpc) is 3.60. The van der Waals surface area contributed by atoms with Crippen molar-refractivity contribution in [3.05, 3.63) is 65.3 Å². The molecule has 0 radical (unpaired) electrons.